The first-order valence-electron chi connectivity index (χ1n) is 8.13. The molecule has 3 amide bonds. The van der Waals surface area contributed by atoms with Gasteiger partial charge in [-0.3, -0.25) is 9.35 Å². The lowest BCUT2D eigenvalue weighted by Crippen LogP contribution is -2.52. The van der Waals surface area contributed by atoms with Crippen LogP contribution in [0.4, 0.5) is 4.79 Å². The van der Waals surface area contributed by atoms with Crippen LogP contribution in [0.2, 0.25) is 0 Å². The van der Waals surface area contributed by atoms with Gasteiger partial charge in [0.2, 0.25) is 5.91 Å². The number of nitrogens with zero attached hydrogens (tertiary/aromatic N) is 2. The first kappa shape index (κ1) is 17.4. The summed E-state index contributed by atoms with van der Waals surface area (Å²) >= 11 is 0. The van der Waals surface area contributed by atoms with E-state index in [-0.39, 0.29) is 18.5 Å². The van der Waals surface area contributed by atoms with Crippen molar-refractivity contribution < 1.29 is 26.8 Å². The molecule has 3 fully saturated rings. The Bertz CT molecular complexity index is 604. The molecule has 3 atom stereocenters. The molecular formula is C13H22N4O6S. The summed E-state index contributed by atoms with van der Waals surface area (Å²) < 4.78 is 34.9. The van der Waals surface area contributed by atoms with Crippen LogP contribution in [0.15, 0.2) is 0 Å². The minimum atomic E-state index is -4.77. The maximum absolute atomic E-state index is 12.6. The minimum Gasteiger partial charge on any atom is -0.352 e. The maximum atomic E-state index is 12.6. The van der Waals surface area contributed by atoms with Gasteiger partial charge >= 0.3 is 16.4 Å². The molecule has 136 valence electrons. The lowest BCUT2D eigenvalue weighted by Gasteiger charge is -2.30. The Morgan fingerprint density at radius 2 is 2.04 bits per heavy atom. The Hall–Kier alpha value is -1.43. The smallest absolute Gasteiger partial charge is 0.352 e. The number of carbonyl (C=O) groups is 2. The SMILES string of the molecule is O=C(N[C@@H]1CCCNCC1)[C@@H]1CCC2CN1C(=O)N2OS(=O)(=O)O. The summed E-state index contributed by atoms with van der Waals surface area (Å²) in [4.78, 5) is 26.1. The quantitative estimate of drug-likeness (QED) is 0.561. The molecule has 0 spiro atoms. The highest BCUT2D eigenvalue weighted by Crippen LogP contribution is 2.30. The van der Waals surface area contributed by atoms with E-state index in [0.717, 1.165) is 32.4 Å². The second-order valence-electron chi connectivity index (χ2n) is 6.40. The van der Waals surface area contributed by atoms with Gasteiger partial charge in [-0.15, -0.1) is 4.28 Å². The Kier molecular flexibility index (Phi) is 4.95. The van der Waals surface area contributed by atoms with Crippen LogP contribution in [0.3, 0.4) is 0 Å². The van der Waals surface area contributed by atoms with Gasteiger partial charge in [-0.1, -0.05) is 0 Å². The fourth-order valence-electron chi connectivity index (χ4n) is 3.56. The highest BCUT2D eigenvalue weighted by atomic mass is 32.3. The number of amides is 3. The van der Waals surface area contributed by atoms with Crippen LogP contribution < -0.4 is 10.6 Å². The van der Waals surface area contributed by atoms with E-state index in [1.165, 1.54) is 4.90 Å². The molecule has 3 aliphatic rings. The van der Waals surface area contributed by atoms with Gasteiger partial charge in [0.05, 0.1) is 6.04 Å². The molecule has 0 radical (unpaired) electrons. The number of hydrogen-bond acceptors (Lipinski definition) is 6. The zero-order valence-electron chi connectivity index (χ0n) is 13.2. The molecule has 3 N–H and O–H groups in total. The van der Waals surface area contributed by atoms with E-state index in [2.05, 4.69) is 14.9 Å². The number of nitrogens with one attached hydrogen (secondary N) is 2. The number of carbonyl (C=O) groups excluding carboxylic acids is 2. The molecular weight excluding hydrogens is 340 g/mol. The van der Waals surface area contributed by atoms with Gasteiger partial charge < -0.3 is 15.5 Å². The first-order chi connectivity index (χ1) is 11.3. The third-order valence-corrected chi connectivity index (χ3v) is 5.07. The highest BCUT2D eigenvalue weighted by Gasteiger charge is 2.49. The molecule has 11 heteroatoms. The zero-order valence-corrected chi connectivity index (χ0v) is 14.0. The monoisotopic (exact) mass is 362 g/mol. The number of rotatable bonds is 4. The van der Waals surface area contributed by atoms with Gasteiger partial charge in [0, 0.05) is 12.6 Å². The third kappa shape index (κ3) is 3.79. The summed E-state index contributed by atoms with van der Waals surface area (Å²) in [6.45, 7) is 1.99. The third-order valence-electron chi connectivity index (χ3n) is 4.72. The molecule has 0 aromatic rings. The lowest BCUT2D eigenvalue weighted by atomic mass is 9.99. The molecule has 10 nitrogen and oxygen atoms in total. The van der Waals surface area contributed by atoms with Crippen molar-refractivity contribution in [2.45, 2.75) is 50.2 Å². The topological polar surface area (TPSA) is 128 Å². The van der Waals surface area contributed by atoms with Crippen molar-refractivity contribution in [3.8, 4) is 0 Å². The number of hydrogen-bond donors (Lipinski definition) is 3. The van der Waals surface area contributed by atoms with Crippen molar-refractivity contribution in [3.05, 3.63) is 0 Å². The van der Waals surface area contributed by atoms with Crippen molar-refractivity contribution >= 4 is 22.3 Å². The standard InChI is InChI=1S/C13H22N4O6S/c18-12(15-9-2-1-6-14-7-5-9)11-4-3-10-8-16(11)13(19)17(10)23-24(20,21)22/h9-11,14H,1-8H2,(H,15,18)(H,20,21,22)/t9-,10?,11+/m1/s1. The van der Waals surface area contributed by atoms with Crippen LogP contribution in [0.5, 0.6) is 0 Å². The number of hydroxylamine groups is 2. The van der Waals surface area contributed by atoms with Crippen molar-refractivity contribution in [2.24, 2.45) is 0 Å². The number of fused-ring (bicyclic) bond motifs is 2. The van der Waals surface area contributed by atoms with E-state index >= 15 is 0 Å². The lowest BCUT2D eigenvalue weighted by molar-refractivity contribution is -0.126. The van der Waals surface area contributed by atoms with Crippen LogP contribution in [-0.2, 0) is 19.5 Å². The molecule has 0 aromatic heterocycles. The van der Waals surface area contributed by atoms with Crippen LogP contribution in [-0.4, -0.2) is 72.6 Å². The summed E-state index contributed by atoms with van der Waals surface area (Å²) in [5, 5.41) is 6.92. The predicted octanol–water partition coefficient (Wildman–Crippen LogP) is -0.752. The second-order valence-corrected chi connectivity index (χ2v) is 7.40. The second kappa shape index (κ2) is 6.82. The molecule has 0 saturated carbocycles. The van der Waals surface area contributed by atoms with E-state index in [1.807, 2.05) is 0 Å². The Morgan fingerprint density at radius 1 is 1.25 bits per heavy atom. The number of piperidine rings is 1. The molecule has 0 aromatic carbocycles. The van der Waals surface area contributed by atoms with Gasteiger partial charge in [0.1, 0.15) is 6.04 Å². The van der Waals surface area contributed by atoms with Gasteiger partial charge in [-0.2, -0.15) is 13.5 Å². The summed E-state index contributed by atoms with van der Waals surface area (Å²) in [7, 11) is -4.77. The summed E-state index contributed by atoms with van der Waals surface area (Å²) in [5.41, 5.74) is 0. The van der Waals surface area contributed by atoms with Crippen LogP contribution >= 0.6 is 0 Å². The summed E-state index contributed by atoms with van der Waals surface area (Å²) in [6.07, 6.45) is 3.57. The Labute approximate surface area is 140 Å². The molecule has 24 heavy (non-hydrogen) atoms. The fraction of sp³-hybridized carbons (Fsp3) is 0.846. The zero-order chi connectivity index (χ0) is 17.3. The summed E-state index contributed by atoms with van der Waals surface area (Å²) in [6, 6.07) is -1.75. The van der Waals surface area contributed by atoms with Crippen LogP contribution in [0.25, 0.3) is 0 Å². The van der Waals surface area contributed by atoms with E-state index < -0.39 is 28.5 Å². The van der Waals surface area contributed by atoms with Crippen molar-refractivity contribution in [2.75, 3.05) is 19.6 Å². The van der Waals surface area contributed by atoms with Gasteiger partial charge in [0.25, 0.3) is 0 Å². The Morgan fingerprint density at radius 3 is 2.79 bits per heavy atom. The average molecular weight is 362 g/mol. The average Bonchev–Trinajstić information content (AvgIpc) is 2.72. The largest absolute Gasteiger partial charge is 0.418 e. The molecule has 3 heterocycles. The normalized spacial score (nSPS) is 31.0. The molecule has 2 bridgehead atoms. The van der Waals surface area contributed by atoms with E-state index in [4.69, 9.17) is 4.55 Å². The molecule has 0 aliphatic carbocycles. The van der Waals surface area contributed by atoms with Crippen LogP contribution in [0, 0.1) is 0 Å². The fourth-order valence-corrected chi connectivity index (χ4v) is 3.95. The molecule has 1 unspecified atom stereocenters. The maximum Gasteiger partial charge on any atom is 0.418 e. The Balaban J connectivity index is 1.63. The van der Waals surface area contributed by atoms with Gasteiger partial charge in [-0.25, -0.2) is 4.79 Å². The van der Waals surface area contributed by atoms with Crippen molar-refractivity contribution in [3.63, 3.8) is 0 Å². The van der Waals surface area contributed by atoms with E-state index in [9.17, 15) is 18.0 Å². The van der Waals surface area contributed by atoms with E-state index in [1.54, 1.807) is 0 Å². The minimum absolute atomic E-state index is 0.0769. The van der Waals surface area contributed by atoms with E-state index in [0.29, 0.717) is 17.9 Å². The van der Waals surface area contributed by atoms with Gasteiger partial charge in [-0.05, 0) is 45.2 Å². The van der Waals surface area contributed by atoms with Crippen molar-refractivity contribution in [1.82, 2.24) is 20.6 Å². The number of urea groups is 1. The van der Waals surface area contributed by atoms with Crippen LogP contribution in [0.1, 0.15) is 32.1 Å². The molecule has 3 saturated heterocycles. The highest BCUT2D eigenvalue weighted by molar-refractivity contribution is 7.80. The van der Waals surface area contributed by atoms with Crippen molar-refractivity contribution in [1.29, 1.82) is 0 Å². The predicted molar refractivity (Wildman–Crippen MR) is 82.0 cm³/mol. The summed E-state index contributed by atoms with van der Waals surface area (Å²) in [5.74, 6) is -0.220. The molecule has 3 aliphatic heterocycles. The first-order valence-corrected chi connectivity index (χ1v) is 9.49. The van der Waals surface area contributed by atoms with Gasteiger partial charge in [0.15, 0.2) is 0 Å². The molecule has 3 rings (SSSR count).